The highest BCUT2D eigenvalue weighted by atomic mass is 32.3. The quantitative estimate of drug-likeness (QED) is 0.730. The van der Waals surface area contributed by atoms with E-state index >= 15 is 0 Å². The maximum absolute atomic E-state index is 11.6. The van der Waals surface area contributed by atoms with E-state index in [0.29, 0.717) is 5.65 Å². The average Bonchev–Trinajstić information content (AvgIpc) is 2.59. The van der Waals surface area contributed by atoms with Crippen LogP contribution in [0, 0.1) is 0 Å². The molecule has 0 saturated heterocycles. The maximum Gasteiger partial charge on any atom is 0.287 e. The van der Waals surface area contributed by atoms with Crippen molar-refractivity contribution in [2.24, 2.45) is 5.14 Å². The van der Waals surface area contributed by atoms with Crippen molar-refractivity contribution in [3.63, 3.8) is 0 Å². The lowest BCUT2D eigenvalue weighted by molar-refractivity contribution is 0.577. The average molecular weight is 276 g/mol. The standard InChI is InChI=1S/C7H8N4O4S2/c8-17(14,15)10-16(12,13)6-1-2-7-9-3-4-11(7)5-6/h1-5,10H,(H2,8,14,15). The molecule has 0 spiro atoms. The first kappa shape index (κ1) is 12.0. The summed E-state index contributed by atoms with van der Waals surface area (Å²) < 4.78 is 47.4. The van der Waals surface area contributed by atoms with Crippen molar-refractivity contribution in [2.45, 2.75) is 4.90 Å². The fourth-order valence-corrected chi connectivity index (χ4v) is 3.37. The van der Waals surface area contributed by atoms with Gasteiger partial charge in [-0.2, -0.15) is 8.42 Å². The van der Waals surface area contributed by atoms with E-state index in [0.717, 1.165) is 0 Å². The molecule has 2 rings (SSSR count). The third-order valence-corrected chi connectivity index (χ3v) is 4.57. The van der Waals surface area contributed by atoms with E-state index in [1.54, 1.807) is 0 Å². The summed E-state index contributed by atoms with van der Waals surface area (Å²) in [6, 6.07) is 2.67. The normalized spacial score (nSPS) is 13.0. The van der Waals surface area contributed by atoms with Gasteiger partial charge in [0, 0.05) is 18.6 Å². The molecule has 0 bridgehead atoms. The van der Waals surface area contributed by atoms with E-state index in [2.05, 4.69) is 10.1 Å². The molecule has 0 aliphatic rings. The number of rotatable bonds is 3. The lowest BCUT2D eigenvalue weighted by Gasteiger charge is -2.04. The van der Waals surface area contributed by atoms with Crippen molar-refractivity contribution >= 4 is 25.9 Å². The van der Waals surface area contributed by atoms with E-state index in [4.69, 9.17) is 0 Å². The zero-order valence-electron chi connectivity index (χ0n) is 8.31. The molecule has 0 amide bonds. The molecule has 0 unspecified atom stereocenters. The van der Waals surface area contributed by atoms with E-state index in [9.17, 15) is 16.8 Å². The number of nitrogens with zero attached hydrogens (tertiary/aromatic N) is 2. The van der Waals surface area contributed by atoms with Gasteiger partial charge in [-0.25, -0.2) is 18.5 Å². The summed E-state index contributed by atoms with van der Waals surface area (Å²) in [6.45, 7) is 0. The first-order valence-electron chi connectivity index (χ1n) is 4.27. The van der Waals surface area contributed by atoms with Crippen LogP contribution in [0.15, 0.2) is 35.6 Å². The Morgan fingerprint density at radius 2 is 1.94 bits per heavy atom. The van der Waals surface area contributed by atoms with Gasteiger partial charge in [-0.15, -0.1) is 0 Å². The van der Waals surface area contributed by atoms with Gasteiger partial charge in [0.2, 0.25) is 0 Å². The second-order valence-corrected chi connectivity index (χ2v) is 6.42. The van der Waals surface area contributed by atoms with Gasteiger partial charge in [-0.05, 0) is 12.1 Å². The van der Waals surface area contributed by atoms with Gasteiger partial charge in [0.15, 0.2) is 0 Å². The summed E-state index contributed by atoms with van der Waals surface area (Å²) in [5.41, 5.74) is 0.541. The molecule has 0 atom stereocenters. The Balaban J connectivity index is 2.52. The largest absolute Gasteiger partial charge is 0.306 e. The van der Waals surface area contributed by atoms with Gasteiger partial charge in [0.05, 0.1) is 4.90 Å². The van der Waals surface area contributed by atoms with Crippen LogP contribution in [0.5, 0.6) is 0 Å². The summed E-state index contributed by atoms with van der Waals surface area (Å²) in [7, 11) is -8.53. The topological polar surface area (TPSA) is 124 Å². The number of fused-ring (bicyclic) bond motifs is 1. The number of pyridine rings is 1. The number of sulfonamides is 1. The van der Waals surface area contributed by atoms with Gasteiger partial charge in [-0.3, -0.25) is 0 Å². The summed E-state index contributed by atoms with van der Waals surface area (Å²) >= 11 is 0. The summed E-state index contributed by atoms with van der Waals surface area (Å²) in [5, 5.41) is 4.61. The van der Waals surface area contributed by atoms with Crippen LogP contribution in [-0.4, -0.2) is 26.2 Å². The molecule has 0 saturated carbocycles. The van der Waals surface area contributed by atoms with E-state index in [1.165, 1.54) is 39.3 Å². The molecule has 0 aliphatic carbocycles. The van der Waals surface area contributed by atoms with Crippen molar-refractivity contribution in [1.82, 2.24) is 13.5 Å². The highest BCUT2D eigenvalue weighted by Crippen LogP contribution is 2.10. The molecule has 0 fully saturated rings. The van der Waals surface area contributed by atoms with Crippen LogP contribution in [0.4, 0.5) is 0 Å². The summed E-state index contributed by atoms with van der Waals surface area (Å²) in [6.07, 6.45) is 4.25. The molecule has 3 N–H and O–H groups in total. The minimum absolute atomic E-state index is 0.225. The Morgan fingerprint density at radius 1 is 1.24 bits per heavy atom. The Hall–Kier alpha value is -1.49. The van der Waals surface area contributed by atoms with Gasteiger partial charge in [0.25, 0.3) is 20.2 Å². The van der Waals surface area contributed by atoms with Gasteiger partial charge in [0.1, 0.15) is 5.65 Å². The van der Waals surface area contributed by atoms with Gasteiger partial charge in [-0.1, -0.05) is 4.13 Å². The van der Waals surface area contributed by atoms with Gasteiger partial charge >= 0.3 is 0 Å². The molecule has 17 heavy (non-hydrogen) atoms. The monoisotopic (exact) mass is 276 g/mol. The number of hydrogen-bond donors (Lipinski definition) is 2. The molecule has 0 radical (unpaired) electrons. The zero-order valence-corrected chi connectivity index (χ0v) is 9.94. The Kier molecular flexibility index (Phi) is 2.66. The van der Waals surface area contributed by atoms with Crippen LogP contribution in [0.3, 0.4) is 0 Å². The second kappa shape index (κ2) is 3.77. The molecule has 2 aromatic rings. The highest BCUT2D eigenvalue weighted by Gasteiger charge is 2.20. The van der Waals surface area contributed by atoms with Crippen LogP contribution in [0.1, 0.15) is 0 Å². The fourth-order valence-electron chi connectivity index (χ4n) is 1.26. The first-order chi connectivity index (χ1) is 7.78. The first-order valence-corrected chi connectivity index (χ1v) is 7.30. The highest BCUT2D eigenvalue weighted by molar-refractivity contribution is 8.03. The molecule has 92 valence electrons. The van der Waals surface area contributed by atoms with Crippen molar-refractivity contribution < 1.29 is 16.8 Å². The Bertz CT molecular complexity index is 762. The predicted molar refractivity (Wildman–Crippen MR) is 58.6 cm³/mol. The zero-order chi connectivity index (χ0) is 12.7. The van der Waals surface area contributed by atoms with Crippen molar-refractivity contribution in [3.05, 3.63) is 30.7 Å². The van der Waals surface area contributed by atoms with Crippen LogP contribution < -0.4 is 9.27 Å². The number of hydrogen-bond acceptors (Lipinski definition) is 5. The molecule has 0 aliphatic heterocycles. The molecule has 0 aromatic carbocycles. The van der Waals surface area contributed by atoms with Crippen LogP contribution in [0.25, 0.3) is 5.65 Å². The van der Waals surface area contributed by atoms with E-state index in [-0.39, 0.29) is 4.90 Å². The van der Waals surface area contributed by atoms with Crippen molar-refractivity contribution in [3.8, 4) is 0 Å². The molecule has 2 aromatic heterocycles. The third-order valence-electron chi connectivity index (χ3n) is 1.90. The molecule has 10 heteroatoms. The SMILES string of the molecule is NS(=O)(=O)NS(=O)(=O)c1ccc2nccn2c1. The van der Waals surface area contributed by atoms with E-state index in [1.807, 2.05) is 0 Å². The predicted octanol–water partition coefficient (Wildman–Crippen LogP) is -1.18. The maximum atomic E-state index is 11.6. The minimum atomic E-state index is -4.33. The Morgan fingerprint density at radius 3 is 2.59 bits per heavy atom. The molecular weight excluding hydrogens is 268 g/mol. The number of imidazole rings is 1. The van der Waals surface area contributed by atoms with Crippen molar-refractivity contribution in [2.75, 3.05) is 0 Å². The fraction of sp³-hybridized carbons (Fsp3) is 0. The molecule has 8 nitrogen and oxygen atoms in total. The van der Waals surface area contributed by atoms with Crippen LogP contribution in [-0.2, 0) is 20.2 Å². The molecular formula is C7H8N4O4S2. The summed E-state index contributed by atoms with van der Waals surface area (Å²) in [5.74, 6) is 0. The third kappa shape index (κ3) is 2.61. The van der Waals surface area contributed by atoms with Crippen LogP contribution in [0.2, 0.25) is 0 Å². The van der Waals surface area contributed by atoms with Crippen LogP contribution >= 0.6 is 0 Å². The minimum Gasteiger partial charge on any atom is -0.306 e. The lowest BCUT2D eigenvalue weighted by Crippen LogP contribution is -2.36. The Labute approximate surface area is 97.3 Å². The number of nitrogens with one attached hydrogen (secondary N) is 1. The molecule has 2 heterocycles. The van der Waals surface area contributed by atoms with E-state index < -0.39 is 20.2 Å². The second-order valence-electron chi connectivity index (χ2n) is 3.19. The van der Waals surface area contributed by atoms with Crippen molar-refractivity contribution in [1.29, 1.82) is 0 Å². The summed E-state index contributed by atoms with van der Waals surface area (Å²) in [4.78, 5) is 3.70. The number of aromatic nitrogens is 2. The smallest absolute Gasteiger partial charge is 0.287 e. The number of nitrogens with two attached hydrogens (primary N) is 1. The van der Waals surface area contributed by atoms with Gasteiger partial charge < -0.3 is 4.40 Å². The lowest BCUT2D eigenvalue weighted by atomic mass is 10.5.